The second-order valence-electron chi connectivity index (χ2n) is 6.50. The van der Waals surface area contributed by atoms with Gasteiger partial charge in [-0.05, 0) is 43.3 Å². The van der Waals surface area contributed by atoms with Crippen LogP contribution in [0.2, 0.25) is 0 Å². The molecule has 0 atom stereocenters. The minimum atomic E-state index is -2.66. The molecular weight excluding hydrogens is 367 g/mol. The fourth-order valence-electron chi connectivity index (χ4n) is 3.66. The molecule has 0 aliphatic heterocycles. The Morgan fingerprint density at radius 1 is 0.750 bits per heavy atom. The SMILES string of the molecule is Cc1nc(O)c([P+](c2ccccc2)(c2ccccc2)c2ccccc2)c(=O)[nH]1. The van der Waals surface area contributed by atoms with Crippen LogP contribution in [-0.2, 0) is 0 Å². The van der Waals surface area contributed by atoms with Gasteiger partial charge in [-0.25, -0.2) is 0 Å². The molecule has 0 spiro atoms. The number of hydrogen-bond acceptors (Lipinski definition) is 3. The maximum absolute atomic E-state index is 13.2. The topological polar surface area (TPSA) is 66.0 Å². The van der Waals surface area contributed by atoms with Gasteiger partial charge in [0.15, 0.2) is 7.26 Å². The molecule has 0 saturated carbocycles. The fourth-order valence-corrected chi connectivity index (χ4v) is 7.89. The maximum atomic E-state index is 13.2. The first kappa shape index (κ1) is 18.1. The molecule has 0 saturated heterocycles. The summed E-state index contributed by atoms with van der Waals surface area (Å²) in [6.07, 6.45) is 0. The van der Waals surface area contributed by atoms with Crippen LogP contribution in [0.15, 0.2) is 95.8 Å². The van der Waals surface area contributed by atoms with Crippen LogP contribution < -0.4 is 26.8 Å². The molecule has 2 N–H and O–H groups in total. The number of aromatic amines is 1. The Morgan fingerprint density at radius 3 is 1.50 bits per heavy atom. The van der Waals surface area contributed by atoms with Crippen LogP contribution in [0.25, 0.3) is 0 Å². The van der Waals surface area contributed by atoms with Crippen molar-refractivity contribution in [1.82, 2.24) is 9.97 Å². The molecule has 0 aliphatic rings. The molecule has 5 heteroatoms. The zero-order chi connectivity index (χ0) is 19.6. The van der Waals surface area contributed by atoms with Crippen molar-refractivity contribution < 1.29 is 5.11 Å². The predicted molar refractivity (Wildman–Crippen MR) is 116 cm³/mol. The number of aromatic nitrogens is 2. The van der Waals surface area contributed by atoms with Gasteiger partial charge in [0, 0.05) is 0 Å². The van der Waals surface area contributed by atoms with Crippen LogP contribution in [0, 0.1) is 6.92 Å². The summed E-state index contributed by atoms with van der Waals surface area (Å²) in [6.45, 7) is 1.67. The quantitative estimate of drug-likeness (QED) is 0.529. The molecule has 0 aliphatic carbocycles. The highest BCUT2D eigenvalue weighted by Gasteiger charge is 2.52. The van der Waals surface area contributed by atoms with Crippen LogP contribution in [0.3, 0.4) is 0 Å². The van der Waals surface area contributed by atoms with E-state index < -0.39 is 7.26 Å². The number of benzene rings is 3. The molecular formula is C23H20N2O2P+. The Morgan fingerprint density at radius 2 is 1.14 bits per heavy atom. The Balaban J connectivity index is 2.23. The number of H-pyrrole nitrogens is 1. The third-order valence-corrected chi connectivity index (χ3v) is 9.05. The molecule has 0 radical (unpaired) electrons. The number of aryl methyl sites for hydroxylation is 1. The van der Waals surface area contributed by atoms with Crippen LogP contribution in [0.5, 0.6) is 5.88 Å². The third kappa shape index (κ3) is 2.92. The molecule has 28 heavy (non-hydrogen) atoms. The molecule has 1 aromatic heterocycles. The summed E-state index contributed by atoms with van der Waals surface area (Å²) < 4.78 is 0. The van der Waals surface area contributed by atoms with E-state index in [0.29, 0.717) is 11.1 Å². The molecule has 138 valence electrons. The minimum Gasteiger partial charge on any atom is -0.490 e. The molecule has 0 unspecified atom stereocenters. The lowest BCUT2D eigenvalue weighted by Gasteiger charge is -2.26. The molecule has 4 rings (SSSR count). The van der Waals surface area contributed by atoms with Gasteiger partial charge in [0.05, 0.1) is 0 Å². The van der Waals surface area contributed by atoms with Gasteiger partial charge in [-0.15, -0.1) is 0 Å². The van der Waals surface area contributed by atoms with Crippen LogP contribution in [0.4, 0.5) is 0 Å². The monoisotopic (exact) mass is 387 g/mol. The van der Waals surface area contributed by atoms with Gasteiger partial charge in [0.2, 0.25) is 5.30 Å². The van der Waals surface area contributed by atoms with Crippen LogP contribution >= 0.6 is 7.26 Å². The van der Waals surface area contributed by atoms with Crippen molar-refractivity contribution in [3.05, 3.63) is 107 Å². The highest BCUT2D eigenvalue weighted by Crippen LogP contribution is 2.54. The Labute approximate surface area is 163 Å². The Hall–Kier alpha value is -3.23. The first-order chi connectivity index (χ1) is 13.6. The van der Waals surface area contributed by atoms with Crippen molar-refractivity contribution in [3.63, 3.8) is 0 Å². The smallest absolute Gasteiger partial charge is 0.298 e. The predicted octanol–water partition coefficient (Wildman–Crippen LogP) is 2.40. The van der Waals surface area contributed by atoms with E-state index in [1.165, 1.54) is 0 Å². The lowest BCUT2D eigenvalue weighted by molar-refractivity contribution is 0.454. The number of nitrogens with one attached hydrogen (secondary N) is 1. The van der Waals surface area contributed by atoms with Crippen molar-refractivity contribution >= 4 is 28.5 Å². The maximum Gasteiger partial charge on any atom is 0.298 e. The summed E-state index contributed by atoms with van der Waals surface area (Å²) >= 11 is 0. The van der Waals surface area contributed by atoms with E-state index in [0.717, 1.165) is 15.9 Å². The largest absolute Gasteiger partial charge is 0.490 e. The summed E-state index contributed by atoms with van der Waals surface area (Å²) in [7, 11) is -2.66. The second-order valence-corrected chi connectivity index (χ2v) is 9.84. The molecule has 4 nitrogen and oxygen atoms in total. The van der Waals surface area contributed by atoms with Crippen molar-refractivity contribution in [1.29, 1.82) is 0 Å². The first-order valence-corrected chi connectivity index (χ1v) is 10.8. The average molecular weight is 387 g/mol. The molecule has 1 heterocycles. The highest BCUT2D eigenvalue weighted by molar-refractivity contribution is 8.01. The summed E-state index contributed by atoms with van der Waals surface area (Å²) in [4.78, 5) is 20.2. The minimum absolute atomic E-state index is 0.217. The standard InChI is InChI=1S/C23H19N2O2P/c1-17-24-22(26)21(23(27)25-17)28(18-11-5-2-6-12-18,19-13-7-3-8-14-19)20-15-9-4-10-16-20/h2-16H,1H3,(H-,24,25,26,27)/p+1. The zero-order valence-electron chi connectivity index (χ0n) is 15.4. The van der Waals surface area contributed by atoms with Crippen molar-refractivity contribution in [2.75, 3.05) is 0 Å². The van der Waals surface area contributed by atoms with E-state index in [1.54, 1.807) is 6.92 Å². The molecule has 4 aromatic rings. The van der Waals surface area contributed by atoms with Gasteiger partial charge in [-0.3, -0.25) is 4.79 Å². The molecule has 0 fully saturated rings. The van der Waals surface area contributed by atoms with E-state index in [4.69, 9.17) is 0 Å². The number of nitrogens with zero attached hydrogens (tertiary/aromatic N) is 1. The van der Waals surface area contributed by atoms with Gasteiger partial charge >= 0.3 is 0 Å². The first-order valence-electron chi connectivity index (χ1n) is 9.00. The fraction of sp³-hybridized carbons (Fsp3) is 0.0435. The lowest BCUT2D eigenvalue weighted by Crippen LogP contribution is -2.45. The van der Waals surface area contributed by atoms with Crippen LogP contribution in [-0.4, -0.2) is 15.1 Å². The van der Waals surface area contributed by atoms with Crippen molar-refractivity contribution in [3.8, 4) is 5.88 Å². The van der Waals surface area contributed by atoms with E-state index in [2.05, 4.69) is 9.97 Å². The Bertz CT molecular complexity index is 1050. The average Bonchev–Trinajstić information content (AvgIpc) is 2.72. The normalized spacial score (nSPS) is 11.3. The second kappa shape index (κ2) is 7.41. The number of rotatable bonds is 4. The van der Waals surface area contributed by atoms with E-state index >= 15 is 0 Å². The zero-order valence-corrected chi connectivity index (χ0v) is 16.3. The van der Waals surface area contributed by atoms with E-state index in [1.807, 2.05) is 91.0 Å². The van der Waals surface area contributed by atoms with E-state index in [9.17, 15) is 9.90 Å². The van der Waals surface area contributed by atoms with E-state index in [-0.39, 0.29) is 11.4 Å². The van der Waals surface area contributed by atoms with Gasteiger partial charge in [-0.2, -0.15) is 4.98 Å². The number of aromatic hydroxyl groups is 1. The summed E-state index contributed by atoms with van der Waals surface area (Å²) in [5, 5.41) is 14.2. The molecule has 0 bridgehead atoms. The van der Waals surface area contributed by atoms with Crippen molar-refractivity contribution in [2.24, 2.45) is 0 Å². The number of hydrogen-bond donors (Lipinski definition) is 2. The Kier molecular flexibility index (Phi) is 4.81. The lowest BCUT2D eigenvalue weighted by atomic mass is 10.4. The molecule has 0 amide bonds. The highest BCUT2D eigenvalue weighted by atomic mass is 31.2. The van der Waals surface area contributed by atoms with Gasteiger partial charge in [0.25, 0.3) is 11.4 Å². The molecule has 3 aromatic carbocycles. The third-order valence-electron chi connectivity index (χ3n) is 4.76. The van der Waals surface area contributed by atoms with Crippen molar-refractivity contribution in [2.45, 2.75) is 6.92 Å². The summed E-state index contributed by atoms with van der Waals surface area (Å²) in [5.74, 6) is 0.171. The summed E-state index contributed by atoms with van der Waals surface area (Å²) in [5.41, 5.74) is -0.310. The van der Waals surface area contributed by atoms with Gasteiger partial charge in [-0.1, -0.05) is 54.6 Å². The van der Waals surface area contributed by atoms with Gasteiger partial charge in [0.1, 0.15) is 21.7 Å². The summed E-state index contributed by atoms with van der Waals surface area (Å²) in [6, 6.07) is 29.7. The van der Waals surface area contributed by atoms with Crippen LogP contribution in [0.1, 0.15) is 5.82 Å². The van der Waals surface area contributed by atoms with Gasteiger partial charge < -0.3 is 10.1 Å².